The quantitative estimate of drug-likeness (QED) is 0.369. The third kappa shape index (κ3) is 6.06. The molecular weight excluding hydrogens is 362 g/mol. The molecule has 1 heterocycles. The third-order valence-electron chi connectivity index (χ3n) is 3.91. The standard InChI is InChI=1S/C16H23N3O6S/c1-2-25-16(21)13-3-5-14(6-4-13)26(22,23)18-17-15(20)7-8-19-9-11-24-12-10-19/h3-6,18H,2,7-12H2,1H3,(H,17,20)/p+1. The minimum atomic E-state index is -3.91. The van der Waals surface area contributed by atoms with Crippen molar-refractivity contribution in [2.24, 2.45) is 0 Å². The largest absolute Gasteiger partial charge is 0.462 e. The summed E-state index contributed by atoms with van der Waals surface area (Å²) < 4.78 is 34.5. The van der Waals surface area contributed by atoms with Crippen LogP contribution >= 0.6 is 0 Å². The van der Waals surface area contributed by atoms with Crippen LogP contribution in [-0.4, -0.2) is 59.7 Å². The van der Waals surface area contributed by atoms with Crippen LogP contribution in [0.15, 0.2) is 29.2 Å². The molecule has 0 spiro atoms. The van der Waals surface area contributed by atoms with Crippen molar-refractivity contribution in [3.8, 4) is 0 Å². The first-order chi connectivity index (χ1) is 12.4. The average Bonchev–Trinajstić information content (AvgIpc) is 2.66. The van der Waals surface area contributed by atoms with E-state index in [9.17, 15) is 18.0 Å². The molecule has 0 saturated carbocycles. The maximum atomic E-state index is 12.2. The number of amides is 1. The number of hydrogen-bond donors (Lipinski definition) is 3. The van der Waals surface area contributed by atoms with Crippen LogP contribution in [-0.2, 0) is 24.3 Å². The molecular formula is C16H24N3O6S+. The van der Waals surface area contributed by atoms with Crippen LogP contribution in [0, 0.1) is 0 Å². The zero-order valence-corrected chi connectivity index (χ0v) is 15.4. The van der Waals surface area contributed by atoms with Crippen molar-refractivity contribution in [3.05, 3.63) is 29.8 Å². The fraction of sp³-hybridized carbons (Fsp3) is 0.500. The minimum Gasteiger partial charge on any atom is -0.462 e. The fourth-order valence-corrected chi connectivity index (χ4v) is 3.29. The van der Waals surface area contributed by atoms with E-state index in [1.54, 1.807) is 6.92 Å². The number of hydrazine groups is 1. The first-order valence-corrected chi connectivity index (χ1v) is 9.90. The highest BCUT2D eigenvalue weighted by atomic mass is 32.2. The number of esters is 1. The molecule has 0 aromatic heterocycles. The van der Waals surface area contributed by atoms with E-state index in [4.69, 9.17) is 9.47 Å². The van der Waals surface area contributed by atoms with Crippen molar-refractivity contribution < 1.29 is 32.4 Å². The summed E-state index contributed by atoms with van der Waals surface area (Å²) in [7, 11) is -3.91. The number of ether oxygens (including phenoxy) is 2. The molecule has 0 unspecified atom stereocenters. The Morgan fingerprint density at radius 2 is 1.85 bits per heavy atom. The number of quaternary nitrogens is 1. The van der Waals surface area contributed by atoms with Crippen LogP contribution in [0.2, 0.25) is 0 Å². The second-order valence-electron chi connectivity index (χ2n) is 5.76. The highest BCUT2D eigenvalue weighted by molar-refractivity contribution is 7.89. The van der Waals surface area contributed by atoms with Gasteiger partial charge in [-0.05, 0) is 31.2 Å². The van der Waals surface area contributed by atoms with Crippen LogP contribution in [0.5, 0.6) is 0 Å². The zero-order chi connectivity index (χ0) is 19.0. The van der Waals surface area contributed by atoms with Gasteiger partial charge in [0.1, 0.15) is 13.1 Å². The summed E-state index contributed by atoms with van der Waals surface area (Å²) in [6.45, 7) is 5.56. The van der Waals surface area contributed by atoms with Gasteiger partial charge in [0.25, 0.3) is 10.0 Å². The third-order valence-corrected chi connectivity index (χ3v) is 5.17. The molecule has 1 amide bonds. The van der Waals surface area contributed by atoms with Crippen molar-refractivity contribution in [2.45, 2.75) is 18.2 Å². The van der Waals surface area contributed by atoms with Crippen LogP contribution in [0.3, 0.4) is 0 Å². The smallest absolute Gasteiger partial charge is 0.338 e. The van der Waals surface area contributed by atoms with Crippen molar-refractivity contribution >= 4 is 21.9 Å². The lowest BCUT2D eigenvalue weighted by atomic mass is 10.2. The number of rotatable bonds is 8. The van der Waals surface area contributed by atoms with E-state index in [0.29, 0.717) is 19.8 Å². The van der Waals surface area contributed by atoms with Gasteiger partial charge in [-0.15, -0.1) is 4.83 Å². The molecule has 0 aliphatic carbocycles. The van der Waals surface area contributed by atoms with E-state index in [0.717, 1.165) is 13.1 Å². The second kappa shape index (κ2) is 9.62. The molecule has 10 heteroatoms. The number of sulfonamides is 1. The van der Waals surface area contributed by atoms with Crippen molar-refractivity contribution in [1.29, 1.82) is 0 Å². The lowest BCUT2D eigenvalue weighted by Gasteiger charge is -2.23. The van der Waals surface area contributed by atoms with Crippen LogP contribution in [0.4, 0.5) is 0 Å². The molecule has 1 aromatic carbocycles. The van der Waals surface area contributed by atoms with Gasteiger partial charge in [0.05, 0.1) is 43.2 Å². The first kappa shape index (κ1) is 20.3. The molecule has 0 atom stereocenters. The average molecular weight is 386 g/mol. The number of carbonyl (C=O) groups is 2. The van der Waals surface area contributed by atoms with Gasteiger partial charge in [0, 0.05) is 0 Å². The Balaban J connectivity index is 1.83. The second-order valence-corrected chi connectivity index (χ2v) is 7.44. The molecule has 1 fully saturated rings. The van der Waals surface area contributed by atoms with Gasteiger partial charge in [-0.2, -0.15) is 0 Å². The molecule has 26 heavy (non-hydrogen) atoms. The molecule has 0 bridgehead atoms. The predicted molar refractivity (Wildman–Crippen MR) is 91.9 cm³/mol. The minimum absolute atomic E-state index is 0.0651. The predicted octanol–water partition coefficient (Wildman–Crippen LogP) is -1.52. The van der Waals surface area contributed by atoms with E-state index >= 15 is 0 Å². The number of carbonyl (C=O) groups excluding carboxylic acids is 2. The number of morpholine rings is 1. The monoisotopic (exact) mass is 386 g/mol. The first-order valence-electron chi connectivity index (χ1n) is 8.41. The molecule has 1 aliphatic rings. The molecule has 1 aromatic rings. The summed E-state index contributed by atoms with van der Waals surface area (Å²) in [4.78, 5) is 26.7. The van der Waals surface area contributed by atoms with Crippen LogP contribution in [0.1, 0.15) is 23.7 Å². The fourth-order valence-electron chi connectivity index (χ4n) is 2.43. The molecule has 9 nitrogen and oxygen atoms in total. The van der Waals surface area contributed by atoms with Gasteiger partial charge >= 0.3 is 5.97 Å². The van der Waals surface area contributed by atoms with Crippen LogP contribution in [0.25, 0.3) is 0 Å². The Bertz CT molecular complexity index is 714. The Morgan fingerprint density at radius 1 is 1.19 bits per heavy atom. The van der Waals surface area contributed by atoms with Gasteiger partial charge in [0.2, 0.25) is 5.91 Å². The SMILES string of the molecule is CCOC(=O)c1ccc(S(=O)(=O)NNC(=O)CC[NH+]2CCOCC2)cc1. The molecule has 1 aliphatic heterocycles. The summed E-state index contributed by atoms with van der Waals surface area (Å²) in [6.07, 6.45) is 0.208. The summed E-state index contributed by atoms with van der Waals surface area (Å²) in [6, 6.07) is 5.27. The summed E-state index contributed by atoms with van der Waals surface area (Å²) >= 11 is 0. The van der Waals surface area contributed by atoms with E-state index in [1.807, 2.05) is 0 Å². The van der Waals surface area contributed by atoms with E-state index < -0.39 is 21.9 Å². The Morgan fingerprint density at radius 3 is 2.46 bits per heavy atom. The Kier molecular flexibility index (Phi) is 7.51. The number of benzene rings is 1. The summed E-state index contributed by atoms with van der Waals surface area (Å²) in [5, 5.41) is 0. The lowest BCUT2D eigenvalue weighted by Crippen LogP contribution is -3.14. The molecule has 144 valence electrons. The Labute approximate surface area is 152 Å². The molecule has 3 N–H and O–H groups in total. The molecule has 1 saturated heterocycles. The van der Waals surface area contributed by atoms with E-state index in [1.165, 1.54) is 29.2 Å². The Hall–Kier alpha value is -2.01. The van der Waals surface area contributed by atoms with Gasteiger partial charge in [-0.3, -0.25) is 10.2 Å². The maximum Gasteiger partial charge on any atom is 0.338 e. The highest BCUT2D eigenvalue weighted by Gasteiger charge is 2.18. The highest BCUT2D eigenvalue weighted by Crippen LogP contribution is 2.11. The maximum absolute atomic E-state index is 12.2. The topological polar surface area (TPSA) is 115 Å². The summed E-state index contributed by atoms with van der Waals surface area (Å²) in [5.41, 5.74) is 2.46. The number of hydrogen-bond acceptors (Lipinski definition) is 6. The van der Waals surface area contributed by atoms with Gasteiger partial charge in [0.15, 0.2) is 0 Å². The summed E-state index contributed by atoms with van der Waals surface area (Å²) in [5.74, 6) is -0.931. The van der Waals surface area contributed by atoms with Crippen molar-refractivity contribution in [3.63, 3.8) is 0 Å². The van der Waals surface area contributed by atoms with Gasteiger partial charge in [-0.25, -0.2) is 13.2 Å². The van der Waals surface area contributed by atoms with Crippen molar-refractivity contribution in [2.75, 3.05) is 39.5 Å². The van der Waals surface area contributed by atoms with Gasteiger partial charge < -0.3 is 14.4 Å². The zero-order valence-electron chi connectivity index (χ0n) is 14.6. The van der Waals surface area contributed by atoms with E-state index in [-0.39, 0.29) is 23.5 Å². The molecule has 0 radical (unpaired) electrons. The van der Waals surface area contributed by atoms with Gasteiger partial charge in [-0.1, -0.05) is 0 Å². The number of nitrogens with one attached hydrogen (secondary N) is 3. The van der Waals surface area contributed by atoms with Crippen molar-refractivity contribution in [1.82, 2.24) is 10.3 Å². The van der Waals surface area contributed by atoms with Crippen LogP contribution < -0.4 is 15.2 Å². The lowest BCUT2D eigenvalue weighted by molar-refractivity contribution is -0.907. The molecule has 2 rings (SSSR count). The normalized spacial score (nSPS) is 15.4. The van der Waals surface area contributed by atoms with E-state index in [2.05, 4.69) is 10.3 Å².